The standard InChI is InChI=1S/C15H16N2O2/c18-15(19)10-13-12-8-4-5-9-14(12)17(16-13)11-6-2-1-3-7-11/h1-3,6-7H,4-5,8-10H2,(H,18,19). The summed E-state index contributed by atoms with van der Waals surface area (Å²) in [7, 11) is 0. The van der Waals surface area contributed by atoms with Crippen LogP contribution in [0, 0.1) is 0 Å². The zero-order chi connectivity index (χ0) is 13.2. The number of hydrogen-bond donors (Lipinski definition) is 1. The van der Waals surface area contributed by atoms with Crippen molar-refractivity contribution in [1.82, 2.24) is 9.78 Å². The van der Waals surface area contributed by atoms with Gasteiger partial charge in [0.15, 0.2) is 0 Å². The number of carboxylic acid groups (broad SMARTS) is 1. The summed E-state index contributed by atoms with van der Waals surface area (Å²) in [5.41, 5.74) is 4.08. The monoisotopic (exact) mass is 256 g/mol. The number of benzene rings is 1. The Morgan fingerprint density at radius 2 is 1.95 bits per heavy atom. The van der Waals surface area contributed by atoms with E-state index in [-0.39, 0.29) is 6.42 Å². The summed E-state index contributed by atoms with van der Waals surface area (Å²) >= 11 is 0. The Balaban J connectivity index is 2.10. The van der Waals surface area contributed by atoms with Gasteiger partial charge in [-0.15, -0.1) is 0 Å². The van der Waals surface area contributed by atoms with E-state index in [0.717, 1.165) is 42.6 Å². The van der Waals surface area contributed by atoms with Gasteiger partial charge < -0.3 is 5.11 Å². The van der Waals surface area contributed by atoms with Crippen LogP contribution in [-0.4, -0.2) is 20.9 Å². The Kier molecular flexibility index (Phi) is 3.07. The minimum atomic E-state index is -0.814. The van der Waals surface area contributed by atoms with Crippen molar-refractivity contribution in [3.05, 3.63) is 47.3 Å². The third kappa shape index (κ3) is 2.26. The minimum absolute atomic E-state index is 0.0160. The first-order valence-electron chi connectivity index (χ1n) is 6.62. The molecule has 0 amide bonds. The highest BCUT2D eigenvalue weighted by molar-refractivity contribution is 5.70. The Bertz CT molecular complexity index is 602. The van der Waals surface area contributed by atoms with Gasteiger partial charge in [-0.2, -0.15) is 5.10 Å². The molecule has 4 nitrogen and oxygen atoms in total. The Morgan fingerprint density at radius 1 is 1.21 bits per heavy atom. The summed E-state index contributed by atoms with van der Waals surface area (Å²) in [6.45, 7) is 0. The first-order chi connectivity index (χ1) is 9.25. The first-order valence-corrected chi connectivity index (χ1v) is 6.62. The second-order valence-corrected chi connectivity index (χ2v) is 4.90. The summed E-state index contributed by atoms with van der Waals surface area (Å²) in [5.74, 6) is -0.814. The maximum Gasteiger partial charge on any atom is 0.309 e. The van der Waals surface area contributed by atoms with Crippen LogP contribution in [-0.2, 0) is 24.1 Å². The van der Waals surface area contributed by atoms with E-state index in [2.05, 4.69) is 5.10 Å². The number of nitrogens with zero attached hydrogens (tertiary/aromatic N) is 2. The van der Waals surface area contributed by atoms with Crippen molar-refractivity contribution in [2.75, 3.05) is 0 Å². The molecule has 0 spiro atoms. The van der Waals surface area contributed by atoms with Crippen molar-refractivity contribution in [3.63, 3.8) is 0 Å². The summed E-state index contributed by atoms with van der Waals surface area (Å²) in [5, 5.41) is 13.5. The molecule has 0 bridgehead atoms. The van der Waals surface area contributed by atoms with E-state index < -0.39 is 5.97 Å². The zero-order valence-corrected chi connectivity index (χ0v) is 10.7. The van der Waals surface area contributed by atoms with Gasteiger partial charge in [0.25, 0.3) is 0 Å². The maximum absolute atomic E-state index is 11.0. The molecule has 0 fully saturated rings. The molecule has 19 heavy (non-hydrogen) atoms. The fourth-order valence-electron chi connectivity index (χ4n) is 2.74. The molecule has 0 aliphatic heterocycles. The van der Waals surface area contributed by atoms with E-state index >= 15 is 0 Å². The third-order valence-electron chi connectivity index (χ3n) is 3.58. The second-order valence-electron chi connectivity index (χ2n) is 4.90. The number of para-hydroxylation sites is 1. The van der Waals surface area contributed by atoms with Gasteiger partial charge in [-0.05, 0) is 43.4 Å². The number of fused-ring (bicyclic) bond motifs is 1. The lowest BCUT2D eigenvalue weighted by Crippen LogP contribution is -2.08. The average Bonchev–Trinajstić information content (AvgIpc) is 2.78. The van der Waals surface area contributed by atoms with E-state index in [1.54, 1.807) is 0 Å². The van der Waals surface area contributed by atoms with Crippen LogP contribution in [0.15, 0.2) is 30.3 Å². The summed E-state index contributed by atoms with van der Waals surface area (Å²) in [6, 6.07) is 9.93. The van der Waals surface area contributed by atoms with Gasteiger partial charge in [0.1, 0.15) is 0 Å². The predicted molar refractivity (Wildman–Crippen MR) is 71.5 cm³/mol. The Morgan fingerprint density at radius 3 is 2.68 bits per heavy atom. The van der Waals surface area contributed by atoms with Crippen molar-refractivity contribution in [3.8, 4) is 5.69 Å². The molecule has 0 saturated heterocycles. The Labute approximate surface area is 111 Å². The highest BCUT2D eigenvalue weighted by atomic mass is 16.4. The van der Waals surface area contributed by atoms with Crippen molar-refractivity contribution in [2.24, 2.45) is 0 Å². The molecule has 1 aromatic heterocycles. The lowest BCUT2D eigenvalue weighted by Gasteiger charge is -2.14. The fraction of sp³-hybridized carbons (Fsp3) is 0.333. The average molecular weight is 256 g/mol. The molecular formula is C15H16N2O2. The molecular weight excluding hydrogens is 240 g/mol. The Hall–Kier alpha value is -2.10. The predicted octanol–water partition coefficient (Wildman–Crippen LogP) is 2.38. The van der Waals surface area contributed by atoms with Crippen molar-refractivity contribution in [1.29, 1.82) is 0 Å². The van der Waals surface area contributed by atoms with Gasteiger partial charge in [-0.25, -0.2) is 4.68 Å². The normalized spacial score (nSPS) is 14.1. The quantitative estimate of drug-likeness (QED) is 0.917. The topological polar surface area (TPSA) is 55.1 Å². The molecule has 1 heterocycles. The van der Waals surface area contributed by atoms with Crippen molar-refractivity contribution in [2.45, 2.75) is 32.1 Å². The molecule has 1 aliphatic carbocycles. The van der Waals surface area contributed by atoms with Crippen molar-refractivity contribution < 1.29 is 9.90 Å². The highest BCUT2D eigenvalue weighted by Crippen LogP contribution is 2.27. The second kappa shape index (κ2) is 4.88. The van der Waals surface area contributed by atoms with Crippen LogP contribution >= 0.6 is 0 Å². The van der Waals surface area contributed by atoms with Crippen LogP contribution in [0.5, 0.6) is 0 Å². The minimum Gasteiger partial charge on any atom is -0.481 e. The van der Waals surface area contributed by atoms with Crippen LogP contribution < -0.4 is 0 Å². The fourth-order valence-corrected chi connectivity index (χ4v) is 2.74. The van der Waals surface area contributed by atoms with Gasteiger partial charge in [0.2, 0.25) is 0 Å². The number of hydrogen-bond acceptors (Lipinski definition) is 2. The lowest BCUT2D eigenvalue weighted by atomic mass is 9.95. The number of carboxylic acids is 1. The molecule has 98 valence electrons. The number of aliphatic carboxylic acids is 1. The third-order valence-corrected chi connectivity index (χ3v) is 3.58. The largest absolute Gasteiger partial charge is 0.481 e. The summed E-state index contributed by atoms with van der Waals surface area (Å²) in [6.07, 6.45) is 4.22. The lowest BCUT2D eigenvalue weighted by molar-refractivity contribution is -0.136. The molecule has 0 saturated carbocycles. The first kappa shape index (κ1) is 12.0. The van der Waals surface area contributed by atoms with E-state index in [1.165, 1.54) is 5.69 Å². The van der Waals surface area contributed by atoms with E-state index in [0.29, 0.717) is 0 Å². The number of aromatic nitrogens is 2. The van der Waals surface area contributed by atoms with E-state index in [1.807, 2.05) is 35.0 Å². The summed E-state index contributed by atoms with van der Waals surface area (Å²) in [4.78, 5) is 11.0. The van der Waals surface area contributed by atoms with Crippen LogP contribution in [0.4, 0.5) is 0 Å². The molecule has 4 heteroatoms. The van der Waals surface area contributed by atoms with Gasteiger partial charge in [-0.1, -0.05) is 18.2 Å². The van der Waals surface area contributed by atoms with Gasteiger partial charge >= 0.3 is 5.97 Å². The van der Waals surface area contributed by atoms with Crippen LogP contribution in [0.1, 0.15) is 29.8 Å². The number of carbonyl (C=O) groups is 1. The highest BCUT2D eigenvalue weighted by Gasteiger charge is 2.22. The van der Waals surface area contributed by atoms with Crippen LogP contribution in [0.3, 0.4) is 0 Å². The molecule has 0 atom stereocenters. The summed E-state index contributed by atoms with van der Waals surface area (Å²) < 4.78 is 1.92. The molecule has 0 unspecified atom stereocenters. The van der Waals surface area contributed by atoms with Crippen molar-refractivity contribution >= 4 is 5.97 Å². The molecule has 2 aromatic rings. The zero-order valence-electron chi connectivity index (χ0n) is 10.7. The van der Waals surface area contributed by atoms with Gasteiger partial charge in [-0.3, -0.25) is 4.79 Å². The molecule has 1 aromatic carbocycles. The SMILES string of the molecule is O=C(O)Cc1nn(-c2ccccc2)c2c1CCCC2. The maximum atomic E-state index is 11.0. The van der Waals surface area contributed by atoms with E-state index in [4.69, 9.17) is 5.11 Å². The van der Waals surface area contributed by atoms with E-state index in [9.17, 15) is 4.79 Å². The van der Waals surface area contributed by atoms with Crippen LogP contribution in [0.25, 0.3) is 5.69 Å². The van der Waals surface area contributed by atoms with Gasteiger partial charge in [0.05, 0.1) is 17.8 Å². The smallest absolute Gasteiger partial charge is 0.309 e. The molecule has 0 radical (unpaired) electrons. The molecule has 1 N–H and O–H groups in total. The number of rotatable bonds is 3. The molecule has 1 aliphatic rings. The molecule has 3 rings (SSSR count). The van der Waals surface area contributed by atoms with Gasteiger partial charge in [0, 0.05) is 5.69 Å². The van der Waals surface area contributed by atoms with Crippen LogP contribution in [0.2, 0.25) is 0 Å².